The number of aromatic hydroxyl groups is 2. The molecule has 4 nitrogen and oxygen atoms in total. The third-order valence-electron chi connectivity index (χ3n) is 6.47. The van der Waals surface area contributed by atoms with Gasteiger partial charge < -0.3 is 15.3 Å². The minimum atomic E-state index is -1.14. The van der Waals surface area contributed by atoms with Gasteiger partial charge in [-0.15, -0.1) is 0 Å². The molecule has 0 amide bonds. The summed E-state index contributed by atoms with van der Waals surface area (Å²) in [6.07, 6.45) is 20.3. The maximum Gasteiger partial charge on any atom is 0.339 e. The Morgan fingerprint density at radius 1 is 0.853 bits per heavy atom. The highest BCUT2D eigenvalue weighted by atomic mass is 16.4. The molecule has 0 aliphatic rings. The van der Waals surface area contributed by atoms with Crippen LogP contribution in [0.5, 0.6) is 11.5 Å². The molecule has 0 aliphatic heterocycles. The predicted molar refractivity (Wildman–Crippen MR) is 143 cm³/mol. The lowest BCUT2D eigenvalue weighted by molar-refractivity contribution is 0.0692. The number of unbranched alkanes of at least 4 members (excludes halogenated alkanes) is 10. The van der Waals surface area contributed by atoms with Gasteiger partial charge in [-0.2, -0.15) is 0 Å². The number of carboxylic acid groups (broad SMARTS) is 1. The molecule has 0 fully saturated rings. The van der Waals surface area contributed by atoms with Crippen molar-refractivity contribution in [1.29, 1.82) is 0 Å². The second-order valence-electron chi connectivity index (χ2n) is 9.92. The molecule has 0 aliphatic carbocycles. The number of aryl methyl sites for hydroxylation is 1. The van der Waals surface area contributed by atoms with E-state index in [1.165, 1.54) is 56.9 Å². The van der Waals surface area contributed by atoms with Crippen LogP contribution in [0.1, 0.15) is 133 Å². The summed E-state index contributed by atoms with van der Waals surface area (Å²) in [6, 6.07) is 1.54. The normalized spacial score (nSPS) is 11.6. The molecule has 0 bridgehead atoms. The first kappa shape index (κ1) is 29.8. The maximum atomic E-state index is 11.9. The van der Waals surface area contributed by atoms with Gasteiger partial charge in [-0.25, -0.2) is 4.79 Å². The molecule has 34 heavy (non-hydrogen) atoms. The summed E-state index contributed by atoms with van der Waals surface area (Å²) in [6.45, 7) is 8.40. The van der Waals surface area contributed by atoms with Crippen LogP contribution in [0.4, 0.5) is 0 Å². The molecule has 0 aromatic heterocycles. The highest BCUT2D eigenvalue weighted by Gasteiger charge is 2.21. The fourth-order valence-corrected chi connectivity index (χ4v) is 4.33. The zero-order valence-electron chi connectivity index (χ0n) is 22.1. The highest BCUT2D eigenvalue weighted by molar-refractivity contribution is 5.93. The van der Waals surface area contributed by atoms with Gasteiger partial charge in [0.1, 0.15) is 17.1 Å². The van der Waals surface area contributed by atoms with Crippen LogP contribution >= 0.6 is 0 Å². The number of allylic oxidation sites excluding steroid dienone is 4. The zero-order chi connectivity index (χ0) is 25.3. The van der Waals surface area contributed by atoms with Crippen LogP contribution < -0.4 is 0 Å². The number of phenols is 2. The molecule has 1 rings (SSSR count). The summed E-state index contributed by atoms with van der Waals surface area (Å²) in [5, 5.41) is 30.9. The summed E-state index contributed by atoms with van der Waals surface area (Å²) in [7, 11) is 0. The molecule has 1 aromatic carbocycles. The Hall–Kier alpha value is -2.23. The van der Waals surface area contributed by atoms with Gasteiger partial charge >= 0.3 is 5.97 Å². The number of rotatable bonds is 18. The van der Waals surface area contributed by atoms with E-state index in [4.69, 9.17) is 0 Å². The quantitative estimate of drug-likeness (QED) is 0.147. The molecule has 0 saturated heterocycles. The van der Waals surface area contributed by atoms with Gasteiger partial charge in [0.05, 0.1) is 0 Å². The molecular weight excluding hydrogens is 424 g/mol. The van der Waals surface area contributed by atoms with E-state index in [1.54, 1.807) is 6.07 Å². The lowest BCUT2D eigenvalue weighted by atomic mass is 9.94. The standard InChI is InChI=1S/C30H48O4/c1-5-6-7-8-9-10-11-12-13-14-15-19-25-22-27(31)26(29(32)28(25)30(33)34)21-20-24(4)18-16-17-23(2)3/h17,20,22,31-32H,5-16,18-19,21H2,1-4H3,(H,33,34). The van der Waals surface area contributed by atoms with Crippen molar-refractivity contribution in [3.8, 4) is 11.5 Å². The van der Waals surface area contributed by atoms with Crippen LogP contribution in [0.25, 0.3) is 0 Å². The fraction of sp³-hybridized carbons (Fsp3) is 0.633. The lowest BCUT2D eigenvalue weighted by Gasteiger charge is -2.14. The van der Waals surface area contributed by atoms with Gasteiger partial charge in [0.25, 0.3) is 0 Å². The Bertz CT molecular complexity index is 801. The van der Waals surface area contributed by atoms with Crippen LogP contribution in [0.2, 0.25) is 0 Å². The van der Waals surface area contributed by atoms with Gasteiger partial charge in [-0.05, 0) is 64.5 Å². The highest BCUT2D eigenvalue weighted by Crippen LogP contribution is 2.35. The largest absolute Gasteiger partial charge is 0.508 e. The Kier molecular flexibility index (Phi) is 15.1. The number of benzene rings is 1. The number of phenolic OH excluding ortho intramolecular Hbond substituents is 1. The molecule has 192 valence electrons. The van der Waals surface area contributed by atoms with E-state index >= 15 is 0 Å². The van der Waals surface area contributed by atoms with Crippen molar-refractivity contribution in [2.75, 3.05) is 0 Å². The maximum absolute atomic E-state index is 11.9. The van der Waals surface area contributed by atoms with Gasteiger partial charge in [-0.1, -0.05) is 94.4 Å². The van der Waals surface area contributed by atoms with Gasteiger partial charge in [-0.3, -0.25) is 0 Å². The van der Waals surface area contributed by atoms with Crippen LogP contribution in [-0.4, -0.2) is 21.3 Å². The Labute approximate surface area is 207 Å². The second kappa shape index (κ2) is 17.2. The number of carboxylic acids is 1. The molecular formula is C30H48O4. The number of hydrogen-bond acceptors (Lipinski definition) is 3. The first-order valence-electron chi connectivity index (χ1n) is 13.4. The number of hydrogen-bond donors (Lipinski definition) is 3. The Balaban J connectivity index is 2.59. The molecule has 3 N–H and O–H groups in total. The molecule has 1 aromatic rings. The van der Waals surface area contributed by atoms with Gasteiger partial charge in [0, 0.05) is 5.56 Å². The first-order valence-corrected chi connectivity index (χ1v) is 13.4. The summed E-state index contributed by atoms with van der Waals surface area (Å²) in [4.78, 5) is 11.9. The molecule has 0 saturated carbocycles. The third-order valence-corrected chi connectivity index (χ3v) is 6.47. The smallest absolute Gasteiger partial charge is 0.339 e. The predicted octanol–water partition coefficient (Wildman–Crippen LogP) is 8.88. The zero-order valence-corrected chi connectivity index (χ0v) is 22.1. The summed E-state index contributed by atoms with van der Waals surface area (Å²) in [5.41, 5.74) is 3.18. The fourth-order valence-electron chi connectivity index (χ4n) is 4.33. The molecule has 0 radical (unpaired) electrons. The summed E-state index contributed by atoms with van der Waals surface area (Å²) < 4.78 is 0. The van der Waals surface area contributed by atoms with E-state index in [-0.39, 0.29) is 17.1 Å². The van der Waals surface area contributed by atoms with Crippen molar-refractivity contribution in [3.05, 3.63) is 46.1 Å². The van der Waals surface area contributed by atoms with E-state index in [2.05, 4.69) is 26.8 Å². The minimum Gasteiger partial charge on any atom is -0.508 e. The van der Waals surface area contributed by atoms with Crippen LogP contribution in [0.15, 0.2) is 29.4 Å². The van der Waals surface area contributed by atoms with E-state index in [1.807, 2.05) is 13.0 Å². The minimum absolute atomic E-state index is 0.0195. The van der Waals surface area contributed by atoms with E-state index in [0.717, 1.165) is 37.7 Å². The van der Waals surface area contributed by atoms with Gasteiger partial charge in [0.2, 0.25) is 0 Å². The number of aromatic carboxylic acids is 1. The van der Waals surface area contributed by atoms with E-state index < -0.39 is 5.97 Å². The second-order valence-corrected chi connectivity index (χ2v) is 9.92. The molecule has 0 unspecified atom stereocenters. The SMILES string of the molecule is CCCCCCCCCCCCCc1cc(O)c(CC=C(C)CCC=C(C)C)c(O)c1C(=O)O. The Morgan fingerprint density at radius 2 is 1.41 bits per heavy atom. The monoisotopic (exact) mass is 472 g/mol. The third kappa shape index (κ3) is 11.8. The topological polar surface area (TPSA) is 77.8 Å². The summed E-state index contributed by atoms with van der Waals surface area (Å²) in [5.74, 6) is -1.45. The molecule has 0 spiro atoms. The average molecular weight is 473 g/mol. The average Bonchev–Trinajstić information content (AvgIpc) is 2.76. The van der Waals surface area contributed by atoms with Crippen molar-refractivity contribution in [2.45, 2.75) is 124 Å². The van der Waals surface area contributed by atoms with Crippen molar-refractivity contribution >= 4 is 5.97 Å². The van der Waals surface area contributed by atoms with Crippen molar-refractivity contribution in [3.63, 3.8) is 0 Å². The van der Waals surface area contributed by atoms with Crippen LogP contribution in [0, 0.1) is 0 Å². The van der Waals surface area contributed by atoms with Crippen LogP contribution in [-0.2, 0) is 12.8 Å². The van der Waals surface area contributed by atoms with Gasteiger partial charge in [0.15, 0.2) is 0 Å². The molecule has 4 heteroatoms. The first-order chi connectivity index (χ1) is 16.3. The molecule has 0 heterocycles. The Morgan fingerprint density at radius 3 is 1.94 bits per heavy atom. The molecule has 0 atom stereocenters. The van der Waals surface area contributed by atoms with Crippen molar-refractivity contribution in [1.82, 2.24) is 0 Å². The lowest BCUT2D eigenvalue weighted by Crippen LogP contribution is -2.06. The number of carbonyl (C=O) groups is 1. The summed E-state index contributed by atoms with van der Waals surface area (Å²) >= 11 is 0. The van der Waals surface area contributed by atoms with Crippen LogP contribution in [0.3, 0.4) is 0 Å². The van der Waals surface area contributed by atoms with E-state index in [9.17, 15) is 20.1 Å². The van der Waals surface area contributed by atoms with Crippen molar-refractivity contribution < 1.29 is 20.1 Å². The van der Waals surface area contributed by atoms with Crippen molar-refractivity contribution in [2.24, 2.45) is 0 Å². The van der Waals surface area contributed by atoms with E-state index in [0.29, 0.717) is 24.0 Å².